The van der Waals surface area contributed by atoms with Gasteiger partial charge in [-0.25, -0.2) is 0 Å². The minimum absolute atomic E-state index is 0.0390. The number of azo groups is 1. The lowest BCUT2D eigenvalue weighted by molar-refractivity contribution is -0.117. The van der Waals surface area contributed by atoms with Gasteiger partial charge in [-0.3, -0.25) is 4.79 Å². The maximum Gasteiger partial charge on any atom is 0.269 e. The van der Waals surface area contributed by atoms with E-state index in [0.29, 0.717) is 26.0 Å². The van der Waals surface area contributed by atoms with Crippen LogP contribution in [0.2, 0.25) is 5.02 Å². The molecular formula is C16H11BrClN3O3. The summed E-state index contributed by atoms with van der Waals surface area (Å²) in [7, 11) is 0. The summed E-state index contributed by atoms with van der Waals surface area (Å²) < 4.78 is 0.664. The van der Waals surface area contributed by atoms with Crippen LogP contribution in [0.5, 0.6) is 11.6 Å². The molecule has 24 heavy (non-hydrogen) atoms. The van der Waals surface area contributed by atoms with Crippen LogP contribution in [-0.4, -0.2) is 21.1 Å². The highest BCUT2D eigenvalue weighted by molar-refractivity contribution is 9.10. The van der Waals surface area contributed by atoms with Crippen molar-refractivity contribution in [3.05, 3.63) is 51.5 Å². The molecular weight excluding hydrogens is 398 g/mol. The van der Waals surface area contributed by atoms with Crippen molar-refractivity contribution in [2.45, 2.75) is 6.42 Å². The fourth-order valence-corrected chi connectivity index (χ4v) is 3.13. The summed E-state index contributed by atoms with van der Waals surface area (Å²) in [6.45, 7) is 0. The SMILES string of the molecule is O=C(Cc1ccc(O)cc1)N=Nc1c(O)[nH]c2c(Br)cc(Cl)cc12. The van der Waals surface area contributed by atoms with E-state index in [1.54, 1.807) is 24.3 Å². The Morgan fingerprint density at radius 2 is 1.92 bits per heavy atom. The lowest BCUT2D eigenvalue weighted by Crippen LogP contribution is -1.97. The first kappa shape index (κ1) is 16.5. The molecule has 2 aromatic carbocycles. The van der Waals surface area contributed by atoms with E-state index in [0.717, 1.165) is 0 Å². The zero-order valence-electron chi connectivity index (χ0n) is 12.1. The highest BCUT2D eigenvalue weighted by Crippen LogP contribution is 2.40. The molecule has 3 rings (SSSR count). The van der Waals surface area contributed by atoms with E-state index in [1.165, 1.54) is 12.1 Å². The molecule has 0 fully saturated rings. The number of carbonyl (C=O) groups excluding carboxylic acids is 1. The van der Waals surface area contributed by atoms with Crippen molar-refractivity contribution >= 4 is 50.0 Å². The quantitative estimate of drug-likeness (QED) is 0.540. The van der Waals surface area contributed by atoms with Crippen LogP contribution in [-0.2, 0) is 11.2 Å². The van der Waals surface area contributed by atoms with Gasteiger partial charge in [0.25, 0.3) is 5.91 Å². The fourth-order valence-electron chi connectivity index (χ4n) is 2.22. The van der Waals surface area contributed by atoms with Gasteiger partial charge in [-0.05, 0) is 45.8 Å². The van der Waals surface area contributed by atoms with Crippen LogP contribution >= 0.6 is 27.5 Å². The van der Waals surface area contributed by atoms with E-state index in [1.807, 2.05) is 0 Å². The van der Waals surface area contributed by atoms with E-state index in [2.05, 4.69) is 31.1 Å². The van der Waals surface area contributed by atoms with Crippen LogP contribution < -0.4 is 0 Å². The highest BCUT2D eigenvalue weighted by Gasteiger charge is 2.14. The van der Waals surface area contributed by atoms with Gasteiger partial charge < -0.3 is 15.2 Å². The molecule has 0 unspecified atom stereocenters. The standard InChI is InChI=1S/C16H11BrClN3O3/c17-12-7-9(18)6-11-14(12)19-16(24)15(11)21-20-13(23)5-8-1-3-10(22)4-2-8/h1-4,6-7,19,22,24H,5H2. The summed E-state index contributed by atoms with van der Waals surface area (Å²) >= 11 is 9.34. The number of nitrogens with zero attached hydrogens (tertiary/aromatic N) is 2. The molecule has 1 amide bonds. The second kappa shape index (κ2) is 6.62. The molecule has 6 nitrogen and oxygen atoms in total. The number of fused-ring (bicyclic) bond motifs is 1. The van der Waals surface area contributed by atoms with E-state index < -0.39 is 5.91 Å². The van der Waals surface area contributed by atoms with E-state index in [-0.39, 0.29) is 23.7 Å². The number of aromatic nitrogens is 1. The number of hydrogen-bond donors (Lipinski definition) is 3. The monoisotopic (exact) mass is 407 g/mol. The molecule has 3 aromatic rings. The summed E-state index contributed by atoms with van der Waals surface area (Å²) in [5.41, 5.74) is 1.45. The first-order valence-electron chi connectivity index (χ1n) is 6.86. The number of halogens is 2. The largest absolute Gasteiger partial charge is 0.508 e. The van der Waals surface area contributed by atoms with E-state index >= 15 is 0 Å². The fraction of sp³-hybridized carbons (Fsp3) is 0.0625. The summed E-state index contributed by atoms with van der Waals surface area (Å²) in [4.78, 5) is 14.7. The number of aromatic hydroxyl groups is 2. The Kier molecular flexibility index (Phi) is 4.55. The summed E-state index contributed by atoms with van der Waals surface area (Å²) in [5.74, 6) is -0.552. The molecule has 8 heteroatoms. The van der Waals surface area contributed by atoms with Gasteiger partial charge >= 0.3 is 0 Å². The van der Waals surface area contributed by atoms with Crippen molar-refractivity contribution < 1.29 is 15.0 Å². The van der Waals surface area contributed by atoms with Crippen molar-refractivity contribution in [1.82, 2.24) is 4.98 Å². The second-order valence-electron chi connectivity index (χ2n) is 5.07. The number of phenols is 1. The number of amides is 1. The van der Waals surface area contributed by atoms with Gasteiger partial charge in [0, 0.05) is 14.9 Å². The molecule has 0 aliphatic carbocycles. The molecule has 0 radical (unpaired) electrons. The minimum Gasteiger partial charge on any atom is -0.508 e. The third-order valence-corrected chi connectivity index (χ3v) is 4.17. The van der Waals surface area contributed by atoms with Gasteiger partial charge in [0.1, 0.15) is 5.75 Å². The smallest absolute Gasteiger partial charge is 0.269 e. The average molecular weight is 409 g/mol. The highest BCUT2D eigenvalue weighted by atomic mass is 79.9. The number of carbonyl (C=O) groups is 1. The van der Waals surface area contributed by atoms with Gasteiger partial charge in [0.15, 0.2) is 5.69 Å². The topological polar surface area (TPSA) is 98.0 Å². The van der Waals surface area contributed by atoms with Crippen LogP contribution in [0.3, 0.4) is 0 Å². The normalized spacial score (nSPS) is 11.4. The second-order valence-corrected chi connectivity index (χ2v) is 6.36. The van der Waals surface area contributed by atoms with Crippen LogP contribution in [0.1, 0.15) is 5.56 Å². The molecule has 0 spiro atoms. The Hall–Kier alpha value is -2.38. The Balaban J connectivity index is 1.86. The molecule has 0 saturated heterocycles. The zero-order valence-corrected chi connectivity index (χ0v) is 14.5. The molecule has 122 valence electrons. The van der Waals surface area contributed by atoms with Gasteiger partial charge in [0.05, 0.1) is 11.9 Å². The number of H-pyrrole nitrogens is 1. The maximum atomic E-state index is 11.9. The molecule has 0 bridgehead atoms. The first-order valence-corrected chi connectivity index (χ1v) is 8.03. The average Bonchev–Trinajstić information content (AvgIpc) is 2.84. The van der Waals surface area contributed by atoms with Crippen molar-refractivity contribution in [1.29, 1.82) is 0 Å². The van der Waals surface area contributed by atoms with Crippen molar-refractivity contribution in [2.75, 3.05) is 0 Å². The Morgan fingerprint density at radius 3 is 2.62 bits per heavy atom. The molecule has 0 saturated carbocycles. The van der Waals surface area contributed by atoms with Crippen LogP contribution in [0.15, 0.2) is 51.1 Å². The number of aromatic amines is 1. The van der Waals surface area contributed by atoms with Gasteiger partial charge in [-0.1, -0.05) is 23.7 Å². The molecule has 0 aliphatic rings. The molecule has 0 aliphatic heterocycles. The maximum absolute atomic E-state index is 11.9. The molecule has 1 heterocycles. The number of rotatable bonds is 3. The third kappa shape index (κ3) is 3.42. The predicted octanol–water partition coefficient (Wildman–Crippen LogP) is 4.85. The first-order chi connectivity index (χ1) is 11.4. The summed E-state index contributed by atoms with van der Waals surface area (Å²) in [6.07, 6.45) is 0.0390. The van der Waals surface area contributed by atoms with Gasteiger partial charge in [-0.2, -0.15) is 0 Å². The Labute approximate surface area is 149 Å². The lowest BCUT2D eigenvalue weighted by Gasteiger charge is -1.98. The summed E-state index contributed by atoms with van der Waals surface area (Å²) in [6, 6.07) is 9.54. The predicted molar refractivity (Wildman–Crippen MR) is 94.0 cm³/mol. The van der Waals surface area contributed by atoms with Crippen LogP contribution in [0.25, 0.3) is 10.9 Å². The van der Waals surface area contributed by atoms with Gasteiger partial charge in [0.2, 0.25) is 5.88 Å². The van der Waals surface area contributed by atoms with E-state index in [4.69, 9.17) is 11.6 Å². The van der Waals surface area contributed by atoms with Gasteiger partial charge in [-0.15, -0.1) is 10.2 Å². The lowest BCUT2D eigenvalue weighted by atomic mass is 10.1. The Morgan fingerprint density at radius 1 is 1.21 bits per heavy atom. The van der Waals surface area contributed by atoms with Crippen LogP contribution in [0.4, 0.5) is 5.69 Å². The van der Waals surface area contributed by atoms with Crippen molar-refractivity contribution in [3.8, 4) is 11.6 Å². The molecule has 3 N–H and O–H groups in total. The number of nitrogens with one attached hydrogen (secondary N) is 1. The number of benzene rings is 2. The Bertz CT molecular complexity index is 951. The van der Waals surface area contributed by atoms with Crippen molar-refractivity contribution in [2.24, 2.45) is 10.2 Å². The van der Waals surface area contributed by atoms with Crippen molar-refractivity contribution in [3.63, 3.8) is 0 Å². The molecule has 0 atom stereocenters. The number of phenolic OH excluding ortho intramolecular Hbond substituents is 1. The zero-order chi connectivity index (χ0) is 17.3. The third-order valence-electron chi connectivity index (χ3n) is 3.33. The number of hydrogen-bond acceptors (Lipinski definition) is 4. The van der Waals surface area contributed by atoms with E-state index in [9.17, 15) is 15.0 Å². The minimum atomic E-state index is -0.476. The summed E-state index contributed by atoms with van der Waals surface area (Å²) in [5, 5.41) is 27.7. The molecule has 1 aromatic heterocycles. The van der Waals surface area contributed by atoms with Crippen LogP contribution in [0, 0.1) is 0 Å².